The molecule has 2 fully saturated rings. The smallest absolute Gasteiger partial charge is 0.224 e. The Balaban J connectivity index is 1.42. The second kappa shape index (κ2) is 7.91. The molecule has 0 aliphatic heterocycles. The zero-order chi connectivity index (χ0) is 16.9. The van der Waals surface area contributed by atoms with E-state index in [1.165, 1.54) is 45.6 Å². The Labute approximate surface area is 144 Å². The van der Waals surface area contributed by atoms with Crippen LogP contribution in [0.1, 0.15) is 56.9 Å². The summed E-state index contributed by atoms with van der Waals surface area (Å²) in [6, 6.07) is 5.40. The van der Waals surface area contributed by atoms with Gasteiger partial charge < -0.3 is 15.2 Å². The number of phenols is 1. The maximum absolute atomic E-state index is 12.3. The fraction of sp³-hybridized carbons (Fsp3) is 0.650. The average molecular weight is 331 g/mol. The van der Waals surface area contributed by atoms with E-state index in [0.29, 0.717) is 18.2 Å². The third-order valence-corrected chi connectivity index (χ3v) is 5.71. The number of hydrogen-bond acceptors (Lipinski definition) is 3. The number of hydrogen-bond donors (Lipinski definition) is 2. The summed E-state index contributed by atoms with van der Waals surface area (Å²) in [5, 5.41) is 12.8. The number of benzene rings is 1. The molecule has 4 nitrogen and oxygen atoms in total. The zero-order valence-corrected chi connectivity index (χ0v) is 14.6. The normalized spacial score (nSPS) is 24.2. The second-order valence-corrected chi connectivity index (χ2v) is 7.50. The van der Waals surface area contributed by atoms with Crippen molar-refractivity contribution in [2.75, 3.05) is 7.11 Å². The van der Waals surface area contributed by atoms with Gasteiger partial charge in [0.2, 0.25) is 5.91 Å². The molecule has 0 spiro atoms. The van der Waals surface area contributed by atoms with Gasteiger partial charge in [-0.1, -0.05) is 25.3 Å². The van der Waals surface area contributed by atoms with Crippen molar-refractivity contribution < 1.29 is 14.6 Å². The van der Waals surface area contributed by atoms with Crippen LogP contribution in [0.5, 0.6) is 11.5 Å². The van der Waals surface area contributed by atoms with E-state index in [1.807, 2.05) is 0 Å². The fourth-order valence-corrected chi connectivity index (χ4v) is 4.04. The molecule has 2 saturated carbocycles. The molecule has 1 amide bonds. The molecule has 2 N–H and O–H groups in total. The van der Waals surface area contributed by atoms with E-state index >= 15 is 0 Å². The first-order chi connectivity index (χ1) is 11.6. The molecule has 0 aromatic heterocycles. The first kappa shape index (κ1) is 17.1. The van der Waals surface area contributed by atoms with Gasteiger partial charge in [-0.15, -0.1) is 0 Å². The first-order valence-corrected chi connectivity index (χ1v) is 9.29. The molecule has 4 heteroatoms. The molecule has 0 atom stereocenters. The van der Waals surface area contributed by atoms with E-state index in [-0.39, 0.29) is 11.7 Å². The molecule has 1 aromatic carbocycles. The van der Waals surface area contributed by atoms with Crippen LogP contribution >= 0.6 is 0 Å². The predicted octanol–water partition coefficient (Wildman–Crippen LogP) is 3.81. The average Bonchev–Trinajstić information content (AvgIpc) is 2.54. The van der Waals surface area contributed by atoms with Crippen molar-refractivity contribution in [1.29, 1.82) is 0 Å². The first-order valence-electron chi connectivity index (χ1n) is 9.29. The van der Waals surface area contributed by atoms with Crippen molar-refractivity contribution in [3.63, 3.8) is 0 Å². The summed E-state index contributed by atoms with van der Waals surface area (Å²) in [7, 11) is 1.51. The number of aromatic hydroxyl groups is 1. The standard InChI is InChI=1S/C20H29NO3/c1-24-19-12-16(7-10-18(19)22)13-20(23)21-17-8-5-15(6-9-17)11-14-3-2-4-14/h7,10,12,14-15,17,22H,2-6,8-9,11,13H2,1H3,(H,21,23)/t15-,17-. The molecule has 0 saturated heterocycles. The molecular formula is C20H29NO3. The van der Waals surface area contributed by atoms with Crippen molar-refractivity contribution in [2.45, 2.75) is 63.8 Å². The summed E-state index contributed by atoms with van der Waals surface area (Å²) >= 11 is 0. The number of methoxy groups -OCH3 is 1. The lowest BCUT2D eigenvalue weighted by Crippen LogP contribution is -2.38. The molecule has 2 aliphatic carbocycles. The van der Waals surface area contributed by atoms with Crippen LogP contribution in [-0.4, -0.2) is 24.2 Å². The minimum atomic E-state index is 0.0604. The van der Waals surface area contributed by atoms with Gasteiger partial charge in [0.25, 0.3) is 0 Å². The maximum Gasteiger partial charge on any atom is 0.224 e. The molecule has 0 radical (unpaired) electrons. The third kappa shape index (κ3) is 4.43. The second-order valence-electron chi connectivity index (χ2n) is 7.50. The van der Waals surface area contributed by atoms with Crippen LogP contribution in [-0.2, 0) is 11.2 Å². The van der Waals surface area contributed by atoms with E-state index in [2.05, 4.69) is 5.32 Å². The number of carbonyl (C=O) groups excluding carboxylic acids is 1. The van der Waals surface area contributed by atoms with Crippen LogP contribution in [0.3, 0.4) is 0 Å². The molecule has 1 aromatic rings. The zero-order valence-electron chi connectivity index (χ0n) is 14.6. The Kier molecular flexibility index (Phi) is 5.64. The topological polar surface area (TPSA) is 58.6 Å². The van der Waals surface area contributed by atoms with Crippen molar-refractivity contribution >= 4 is 5.91 Å². The molecular weight excluding hydrogens is 302 g/mol. The van der Waals surface area contributed by atoms with E-state index < -0.39 is 0 Å². The largest absolute Gasteiger partial charge is 0.504 e. The number of amides is 1. The fourth-order valence-electron chi connectivity index (χ4n) is 4.04. The molecule has 2 aliphatic rings. The van der Waals surface area contributed by atoms with Gasteiger partial charge in [0, 0.05) is 6.04 Å². The van der Waals surface area contributed by atoms with E-state index in [1.54, 1.807) is 18.2 Å². The lowest BCUT2D eigenvalue weighted by atomic mass is 9.74. The van der Waals surface area contributed by atoms with Crippen LogP contribution in [0.15, 0.2) is 18.2 Å². The quantitative estimate of drug-likeness (QED) is 0.833. The minimum Gasteiger partial charge on any atom is -0.504 e. The highest BCUT2D eigenvalue weighted by molar-refractivity contribution is 5.79. The monoisotopic (exact) mass is 331 g/mol. The predicted molar refractivity (Wildman–Crippen MR) is 94.2 cm³/mol. The lowest BCUT2D eigenvalue weighted by Gasteiger charge is -2.34. The summed E-state index contributed by atoms with van der Waals surface area (Å²) < 4.78 is 5.09. The summed E-state index contributed by atoms with van der Waals surface area (Å²) in [5.41, 5.74) is 0.862. The number of carbonyl (C=O) groups is 1. The Morgan fingerprint density at radius 1 is 1.17 bits per heavy atom. The Morgan fingerprint density at radius 3 is 2.50 bits per heavy atom. The number of ether oxygens (including phenoxy) is 1. The van der Waals surface area contributed by atoms with Gasteiger partial charge in [-0.2, -0.15) is 0 Å². The lowest BCUT2D eigenvalue weighted by molar-refractivity contribution is -0.121. The van der Waals surface area contributed by atoms with Crippen LogP contribution < -0.4 is 10.1 Å². The van der Waals surface area contributed by atoms with Gasteiger partial charge in [0.15, 0.2) is 11.5 Å². The Hall–Kier alpha value is -1.71. The van der Waals surface area contributed by atoms with Gasteiger partial charge in [0.1, 0.15) is 0 Å². The Bertz CT molecular complexity index is 560. The third-order valence-electron chi connectivity index (χ3n) is 5.71. The molecule has 132 valence electrons. The van der Waals surface area contributed by atoms with Crippen LogP contribution in [0.2, 0.25) is 0 Å². The van der Waals surface area contributed by atoms with Crippen molar-refractivity contribution in [3.05, 3.63) is 23.8 Å². The van der Waals surface area contributed by atoms with Crippen LogP contribution in [0, 0.1) is 11.8 Å². The molecule has 3 rings (SSSR count). The SMILES string of the molecule is COc1cc(CC(=O)N[C@H]2CC[C@H](CC3CCC3)CC2)ccc1O. The number of phenolic OH excluding ortho intramolecular Hbond substituents is 1. The maximum atomic E-state index is 12.3. The van der Waals surface area contributed by atoms with E-state index in [4.69, 9.17) is 4.74 Å². The number of rotatable bonds is 6. The van der Waals surface area contributed by atoms with Gasteiger partial charge in [-0.05, 0) is 61.6 Å². The van der Waals surface area contributed by atoms with E-state index in [0.717, 1.165) is 30.2 Å². The van der Waals surface area contributed by atoms with Crippen LogP contribution in [0.25, 0.3) is 0 Å². The van der Waals surface area contributed by atoms with Gasteiger partial charge in [-0.3, -0.25) is 4.79 Å². The molecule has 0 unspecified atom stereocenters. The molecule has 0 heterocycles. The summed E-state index contributed by atoms with van der Waals surface area (Å²) in [5.74, 6) is 2.45. The molecule has 0 bridgehead atoms. The van der Waals surface area contributed by atoms with E-state index in [9.17, 15) is 9.90 Å². The highest BCUT2D eigenvalue weighted by Crippen LogP contribution is 2.37. The van der Waals surface area contributed by atoms with Crippen LogP contribution in [0.4, 0.5) is 0 Å². The summed E-state index contributed by atoms with van der Waals surface area (Å²) in [6.07, 6.45) is 10.8. The van der Waals surface area contributed by atoms with Gasteiger partial charge in [-0.25, -0.2) is 0 Å². The number of nitrogens with one attached hydrogen (secondary N) is 1. The minimum absolute atomic E-state index is 0.0604. The van der Waals surface area contributed by atoms with Gasteiger partial charge >= 0.3 is 0 Å². The molecule has 24 heavy (non-hydrogen) atoms. The van der Waals surface area contributed by atoms with Crippen molar-refractivity contribution in [1.82, 2.24) is 5.32 Å². The summed E-state index contributed by atoms with van der Waals surface area (Å²) in [6.45, 7) is 0. The van der Waals surface area contributed by atoms with Crippen molar-refractivity contribution in [3.8, 4) is 11.5 Å². The highest BCUT2D eigenvalue weighted by atomic mass is 16.5. The highest BCUT2D eigenvalue weighted by Gasteiger charge is 2.27. The van der Waals surface area contributed by atoms with Gasteiger partial charge in [0.05, 0.1) is 13.5 Å². The van der Waals surface area contributed by atoms with Crippen molar-refractivity contribution in [2.24, 2.45) is 11.8 Å². The summed E-state index contributed by atoms with van der Waals surface area (Å²) in [4.78, 5) is 12.3. The Morgan fingerprint density at radius 2 is 1.88 bits per heavy atom.